The van der Waals surface area contributed by atoms with Gasteiger partial charge in [-0.3, -0.25) is 9.69 Å². The fraction of sp³-hybridized carbons (Fsp3) is 0.467. The van der Waals surface area contributed by atoms with E-state index >= 15 is 0 Å². The van der Waals surface area contributed by atoms with E-state index in [1.54, 1.807) is 19.1 Å². The second-order valence-corrected chi connectivity index (χ2v) is 6.10. The molecule has 6 heteroatoms. The molecule has 1 aliphatic rings. The van der Waals surface area contributed by atoms with Crippen LogP contribution in [0, 0.1) is 0 Å². The number of nitrogens with zero attached hydrogens (tertiary/aromatic N) is 2. The van der Waals surface area contributed by atoms with Crippen LogP contribution >= 0.6 is 15.9 Å². The fourth-order valence-corrected chi connectivity index (χ4v) is 3.00. The Balaban J connectivity index is 2.01. The summed E-state index contributed by atoms with van der Waals surface area (Å²) in [6.07, 6.45) is 0.963. The molecule has 1 heterocycles. The predicted molar refractivity (Wildman–Crippen MR) is 83.2 cm³/mol. The maximum absolute atomic E-state index is 11.4. The SMILES string of the molecule is CC(=O)N1CCCN(Cc2ccc(C(=O)O)cc2Br)CC1. The van der Waals surface area contributed by atoms with E-state index in [1.165, 1.54) is 0 Å². The molecule has 1 saturated heterocycles. The largest absolute Gasteiger partial charge is 0.478 e. The van der Waals surface area contributed by atoms with Crippen molar-refractivity contribution in [1.29, 1.82) is 0 Å². The van der Waals surface area contributed by atoms with Crippen LogP contribution in [0.15, 0.2) is 22.7 Å². The third-order valence-electron chi connectivity index (χ3n) is 3.73. The summed E-state index contributed by atoms with van der Waals surface area (Å²) in [4.78, 5) is 26.5. The van der Waals surface area contributed by atoms with E-state index in [1.807, 2.05) is 11.0 Å². The number of rotatable bonds is 3. The molecule has 1 aliphatic heterocycles. The Morgan fingerprint density at radius 3 is 2.62 bits per heavy atom. The van der Waals surface area contributed by atoms with Crippen LogP contribution in [0.25, 0.3) is 0 Å². The molecule has 1 aromatic rings. The molecule has 0 unspecified atom stereocenters. The highest BCUT2D eigenvalue weighted by molar-refractivity contribution is 9.10. The Morgan fingerprint density at radius 1 is 1.24 bits per heavy atom. The Hall–Kier alpha value is -1.40. The lowest BCUT2D eigenvalue weighted by molar-refractivity contribution is -0.128. The molecule has 0 aliphatic carbocycles. The molecule has 1 fully saturated rings. The summed E-state index contributed by atoms with van der Waals surface area (Å²) in [6.45, 7) is 5.71. The van der Waals surface area contributed by atoms with Crippen molar-refractivity contribution in [3.63, 3.8) is 0 Å². The van der Waals surface area contributed by atoms with E-state index in [4.69, 9.17) is 5.11 Å². The van der Waals surface area contributed by atoms with Gasteiger partial charge in [0.15, 0.2) is 0 Å². The van der Waals surface area contributed by atoms with Gasteiger partial charge in [-0.25, -0.2) is 4.79 Å². The van der Waals surface area contributed by atoms with Crippen molar-refractivity contribution in [3.8, 4) is 0 Å². The maximum Gasteiger partial charge on any atom is 0.335 e. The van der Waals surface area contributed by atoms with Crippen LogP contribution in [0.4, 0.5) is 0 Å². The van der Waals surface area contributed by atoms with Crippen molar-refractivity contribution in [2.24, 2.45) is 0 Å². The first-order valence-electron chi connectivity index (χ1n) is 6.97. The van der Waals surface area contributed by atoms with Crippen LogP contribution < -0.4 is 0 Å². The number of aromatic carboxylic acids is 1. The van der Waals surface area contributed by atoms with Crippen LogP contribution in [0.5, 0.6) is 0 Å². The molecule has 1 amide bonds. The van der Waals surface area contributed by atoms with Gasteiger partial charge in [-0.2, -0.15) is 0 Å². The lowest BCUT2D eigenvalue weighted by atomic mass is 10.1. The van der Waals surface area contributed by atoms with Gasteiger partial charge < -0.3 is 10.0 Å². The van der Waals surface area contributed by atoms with Crippen molar-refractivity contribution >= 4 is 27.8 Å². The maximum atomic E-state index is 11.4. The van der Waals surface area contributed by atoms with Gasteiger partial charge in [0.2, 0.25) is 5.91 Å². The number of hydrogen-bond donors (Lipinski definition) is 1. The zero-order chi connectivity index (χ0) is 15.4. The average Bonchev–Trinajstić information content (AvgIpc) is 2.66. The lowest BCUT2D eigenvalue weighted by Gasteiger charge is -2.21. The number of carbonyl (C=O) groups is 2. The Kier molecular flexibility index (Phi) is 5.36. The highest BCUT2D eigenvalue weighted by Crippen LogP contribution is 2.21. The van der Waals surface area contributed by atoms with Gasteiger partial charge in [-0.15, -0.1) is 0 Å². The smallest absolute Gasteiger partial charge is 0.335 e. The normalized spacial score (nSPS) is 16.6. The van der Waals surface area contributed by atoms with Gasteiger partial charge in [-0.05, 0) is 24.1 Å². The van der Waals surface area contributed by atoms with Crippen LogP contribution in [0.3, 0.4) is 0 Å². The van der Waals surface area contributed by atoms with E-state index in [-0.39, 0.29) is 11.5 Å². The quantitative estimate of drug-likeness (QED) is 0.903. The van der Waals surface area contributed by atoms with E-state index in [0.29, 0.717) is 0 Å². The monoisotopic (exact) mass is 354 g/mol. The zero-order valence-electron chi connectivity index (χ0n) is 12.0. The molecule has 0 spiro atoms. The number of amides is 1. The molecule has 1 aromatic carbocycles. The summed E-state index contributed by atoms with van der Waals surface area (Å²) in [5.74, 6) is -0.794. The van der Waals surface area contributed by atoms with Gasteiger partial charge in [0.05, 0.1) is 5.56 Å². The minimum atomic E-state index is -0.922. The first-order valence-corrected chi connectivity index (χ1v) is 7.76. The molecule has 1 N–H and O–H groups in total. The summed E-state index contributed by atoms with van der Waals surface area (Å²) in [5.41, 5.74) is 1.35. The zero-order valence-corrected chi connectivity index (χ0v) is 13.6. The van der Waals surface area contributed by atoms with E-state index in [9.17, 15) is 9.59 Å². The first kappa shape index (κ1) is 16.0. The third kappa shape index (κ3) is 4.28. The molecule has 2 rings (SSSR count). The molecular weight excluding hydrogens is 336 g/mol. The lowest BCUT2D eigenvalue weighted by Crippen LogP contribution is -2.33. The number of benzene rings is 1. The molecule has 0 bridgehead atoms. The average molecular weight is 355 g/mol. The number of hydrogen-bond acceptors (Lipinski definition) is 3. The van der Waals surface area contributed by atoms with Gasteiger partial charge in [0.1, 0.15) is 0 Å². The minimum absolute atomic E-state index is 0.129. The van der Waals surface area contributed by atoms with E-state index in [2.05, 4.69) is 20.8 Å². The van der Waals surface area contributed by atoms with E-state index in [0.717, 1.165) is 49.2 Å². The van der Waals surface area contributed by atoms with Crippen molar-refractivity contribution in [2.45, 2.75) is 19.9 Å². The standard InChI is InChI=1S/C15H19BrN2O3/c1-11(19)18-6-2-5-17(7-8-18)10-13-4-3-12(15(20)21)9-14(13)16/h3-4,9H,2,5-8,10H2,1H3,(H,20,21). The van der Waals surface area contributed by atoms with Crippen LogP contribution in [0.2, 0.25) is 0 Å². The van der Waals surface area contributed by atoms with Crippen molar-refractivity contribution in [3.05, 3.63) is 33.8 Å². The number of carbonyl (C=O) groups excluding carboxylic acids is 1. The summed E-state index contributed by atoms with van der Waals surface area (Å²) in [5, 5.41) is 8.97. The number of carboxylic acid groups (broad SMARTS) is 1. The highest BCUT2D eigenvalue weighted by Gasteiger charge is 2.17. The summed E-state index contributed by atoms with van der Waals surface area (Å²) >= 11 is 3.44. The van der Waals surface area contributed by atoms with Gasteiger partial charge in [-0.1, -0.05) is 22.0 Å². The molecule has 21 heavy (non-hydrogen) atoms. The van der Waals surface area contributed by atoms with Crippen molar-refractivity contribution < 1.29 is 14.7 Å². The molecular formula is C15H19BrN2O3. The van der Waals surface area contributed by atoms with Gasteiger partial charge >= 0.3 is 5.97 Å². The second kappa shape index (κ2) is 7.04. The highest BCUT2D eigenvalue weighted by atomic mass is 79.9. The van der Waals surface area contributed by atoms with Crippen molar-refractivity contribution in [1.82, 2.24) is 9.80 Å². The molecule has 114 valence electrons. The topological polar surface area (TPSA) is 60.9 Å². The third-order valence-corrected chi connectivity index (χ3v) is 4.47. The van der Waals surface area contributed by atoms with Gasteiger partial charge in [0.25, 0.3) is 0 Å². The van der Waals surface area contributed by atoms with Crippen molar-refractivity contribution in [2.75, 3.05) is 26.2 Å². The second-order valence-electron chi connectivity index (χ2n) is 5.25. The van der Waals surface area contributed by atoms with Crippen LogP contribution in [-0.2, 0) is 11.3 Å². The fourth-order valence-electron chi connectivity index (χ4n) is 2.49. The van der Waals surface area contributed by atoms with E-state index < -0.39 is 5.97 Å². The Morgan fingerprint density at radius 2 is 2.00 bits per heavy atom. The number of carboxylic acids is 1. The summed E-state index contributed by atoms with van der Waals surface area (Å²) < 4.78 is 0.815. The number of halogens is 1. The summed E-state index contributed by atoms with van der Waals surface area (Å²) in [6, 6.07) is 5.11. The molecule has 0 atom stereocenters. The first-order chi connectivity index (χ1) is 9.97. The molecule has 0 radical (unpaired) electrons. The molecule has 0 saturated carbocycles. The van der Waals surface area contributed by atoms with Gasteiger partial charge in [0, 0.05) is 44.1 Å². The Bertz CT molecular complexity index is 548. The molecule has 5 nitrogen and oxygen atoms in total. The Labute approximate surface area is 132 Å². The molecule has 0 aromatic heterocycles. The summed E-state index contributed by atoms with van der Waals surface area (Å²) in [7, 11) is 0. The van der Waals surface area contributed by atoms with Crippen LogP contribution in [0.1, 0.15) is 29.3 Å². The predicted octanol–water partition coefficient (Wildman–Crippen LogP) is 2.20. The minimum Gasteiger partial charge on any atom is -0.478 e. The van der Waals surface area contributed by atoms with Crippen LogP contribution in [-0.4, -0.2) is 53.0 Å².